The lowest BCUT2D eigenvalue weighted by molar-refractivity contribution is 0.0950. The summed E-state index contributed by atoms with van der Waals surface area (Å²) in [5.74, 6) is 5.90. The summed E-state index contributed by atoms with van der Waals surface area (Å²) < 4.78 is 6.37. The van der Waals surface area contributed by atoms with Crippen molar-refractivity contribution in [3.63, 3.8) is 0 Å². The van der Waals surface area contributed by atoms with E-state index in [0.29, 0.717) is 28.8 Å². The van der Waals surface area contributed by atoms with E-state index in [1.165, 1.54) is 23.1 Å². The van der Waals surface area contributed by atoms with Gasteiger partial charge >= 0.3 is 0 Å². The number of hydrogen-bond donors (Lipinski definition) is 3. The number of anilines is 1. The number of carbonyl (C=O) groups is 1. The van der Waals surface area contributed by atoms with Crippen LogP contribution in [0.15, 0.2) is 28.6 Å². The number of hydrazine groups is 1. The van der Waals surface area contributed by atoms with E-state index in [-0.39, 0.29) is 5.91 Å². The first-order valence-corrected chi connectivity index (χ1v) is 7.45. The average molecular weight is 311 g/mol. The maximum Gasteiger partial charge on any atom is 0.268 e. The third-order valence-corrected chi connectivity index (χ3v) is 4.10. The van der Waals surface area contributed by atoms with Gasteiger partial charge in [-0.2, -0.15) is 0 Å². The molecule has 0 aliphatic heterocycles. The number of aromatic nitrogens is 2. The number of carbonyl (C=O) groups excluding carboxylic acids is 1. The van der Waals surface area contributed by atoms with Crippen LogP contribution in [0.3, 0.4) is 0 Å². The van der Waals surface area contributed by atoms with E-state index in [0.717, 1.165) is 4.34 Å². The van der Waals surface area contributed by atoms with Crippen LogP contribution in [-0.2, 0) is 0 Å². The molecule has 0 aliphatic rings. The highest BCUT2D eigenvalue weighted by atomic mass is 32.2. The molecule has 1 aromatic heterocycles. The number of amides is 1. The Kier molecular flexibility index (Phi) is 5.16. The van der Waals surface area contributed by atoms with E-state index in [4.69, 9.17) is 16.3 Å². The maximum absolute atomic E-state index is 11.5. The predicted molar refractivity (Wildman–Crippen MR) is 78.6 cm³/mol. The second-order valence-electron chi connectivity index (χ2n) is 3.57. The molecule has 106 valence electrons. The van der Waals surface area contributed by atoms with Gasteiger partial charge in [0.1, 0.15) is 5.75 Å². The second-order valence-corrected chi connectivity index (χ2v) is 5.92. The van der Waals surface area contributed by atoms with Gasteiger partial charge in [-0.25, -0.2) is 5.84 Å². The molecule has 0 spiro atoms. The molecule has 5 N–H and O–H groups in total. The molecule has 0 fully saturated rings. The fraction of sp³-hybridized carbons (Fsp3) is 0.182. The number of nitrogens with one attached hydrogen (secondary N) is 1. The van der Waals surface area contributed by atoms with Crippen molar-refractivity contribution in [3.8, 4) is 5.75 Å². The molecule has 1 heterocycles. The molecule has 0 bridgehead atoms. The van der Waals surface area contributed by atoms with E-state index >= 15 is 0 Å². The van der Waals surface area contributed by atoms with Crippen LogP contribution in [0.4, 0.5) is 5.13 Å². The minimum Gasteiger partial charge on any atom is -0.492 e. The van der Waals surface area contributed by atoms with Gasteiger partial charge in [0.25, 0.3) is 5.91 Å². The van der Waals surface area contributed by atoms with Gasteiger partial charge in [-0.05, 0) is 12.1 Å². The van der Waals surface area contributed by atoms with Gasteiger partial charge in [-0.3, -0.25) is 10.2 Å². The van der Waals surface area contributed by atoms with Crippen molar-refractivity contribution in [2.45, 2.75) is 4.34 Å². The van der Waals surface area contributed by atoms with Crippen LogP contribution in [0.1, 0.15) is 10.4 Å². The zero-order valence-electron chi connectivity index (χ0n) is 10.4. The highest BCUT2D eigenvalue weighted by Crippen LogP contribution is 2.24. The summed E-state index contributed by atoms with van der Waals surface area (Å²) in [6, 6.07) is 6.91. The molecule has 1 aromatic carbocycles. The highest BCUT2D eigenvalue weighted by molar-refractivity contribution is 8.01. The molecule has 1 amide bonds. The molecule has 20 heavy (non-hydrogen) atoms. The van der Waals surface area contributed by atoms with Crippen LogP contribution >= 0.6 is 23.1 Å². The minimum absolute atomic E-state index is 0.384. The summed E-state index contributed by atoms with van der Waals surface area (Å²) in [6.07, 6.45) is 0. The monoisotopic (exact) mass is 311 g/mol. The standard InChI is InChI=1S/C11H13N5O2S2/c12-10-15-16-11(20-10)19-6-5-18-8-4-2-1-3-7(8)9(17)14-13/h1-4H,5-6,13H2,(H2,12,15)(H,14,17). The van der Waals surface area contributed by atoms with Crippen molar-refractivity contribution in [1.29, 1.82) is 0 Å². The van der Waals surface area contributed by atoms with Gasteiger partial charge in [0.15, 0.2) is 4.34 Å². The third kappa shape index (κ3) is 3.83. The summed E-state index contributed by atoms with van der Waals surface area (Å²) in [6.45, 7) is 0.430. The predicted octanol–water partition coefficient (Wildman–Crippen LogP) is 0.895. The van der Waals surface area contributed by atoms with Gasteiger partial charge in [-0.1, -0.05) is 35.2 Å². The first-order valence-electron chi connectivity index (χ1n) is 5.65. The summed E-state index contributed by atoms with van der Waals surface area (Å²) in [7, 11) is 0. The molecule has 9 heteroatoms. The van der Waals surface area contributed by atoms with Crippen LogP contribution in [0.25, 0.3) is 0 Å². The lowest BCUT2D eigenvalue weighted by Gasteiger charge is -2.09. The SMILES string of the molecule is NNC(=O)c1ccccc1OCCSc1nnc(N)s1. The Labute approximate surface area is 123 Å². The fourth-order valence-electron chi connectivity index (χ4n) is 1.42. The second kappa shape index (κ2) is 7.08. The van der Waals surface area contributed by atoms with Gasteiger partial charge in [0, 0.05) is 5.75 Å². The smallest absolute Gasteiger partial charge is 0.268 e. The molecule has 0 saturated heterocycles. The van der Waals surface area contributed by atoms with Crippen molar-refractivity contribution in [3.05, 3.63) is 29.8 Å². The normalized spacial score (nSPS) is 10.2. The number of benzene rings is 1. The van der Waals surface area contributed by atoms with Gasteiger partial charge in [0.05, 0.1) is 12.2 Å². The minimum atomic E-state index is -0.384. The Morgan fingerprint density at radius 3 is 2.90 bits per heavy atom. The molecule has 0 atom stereocenters. The molecule has 2 aromatic rings. The molecular formula is C11H13N5O2S2. The molecule has 2 rings (SSSR count). The zero-order valence-corrected chi connectivity index (χ0v) is 12.0. The van der Waals surface area contributed by atoms with Crippen molar-refractivity contribution in [2.75, 3.05) is 18.1 Å². The molecule has 0 aliphatic carbocycles. The summed E-state index contributed by atoms with van der Waals surface area (Å²) in [5, 5.41) is 8.05. The number of nitrogens with zero attached hydrogens (tertiary/aromatic N) is 2. The Morgan fingerprint density at radius 1 is 1.40 bits per heavy atom. The first kappa shape index (κ1) is 14.6. The maximum atomic E-state index is 11.5. The zero-order chi connectivity index (χ0) is 14.4. The average Bonchev–Trinajstić information content (AvgIpc) is 2.89. The summed E-state index contributed by atoms with van der Waals surface area (Å²) in [5.41, 5.74) is 7.98. The van der Waals surface area contributed by atoms with Crippen LogP contribution in [0.2, 0.25) is 0 Å². The molecule has 0 unspecified atom stereocenters. The molecule has 0 radical (unpaired) electrons. The number of ether oxygens (including phenoxy) is 1. The van der Waals surface area contributed by atoms with Gasteiger partial charge < -0.3 is 10.5 Å². The Hall–Kier alpha value is -1.84. The number of nitrogens with two attached hydrogens (primary N) is 2. The quantitative estimate of drug-likeness (QED) is 0.238. The van der Waals surface area contributed by atoms with Crippen LogP contribution in [0, 0.1) is 0 Å². The fourth-order valence-corrected chi connectivity index (χ4v) is 2.94. The Morgan fingerprint density at radius 2 is 2.20 bits per heavy atom. The molecule has 0 saturated carbocycles. The van der Waals surface area contributed by atoms with E-state index < -0.39 is 0 Å². The number of hydrogen-bond acceptors (Lipinski definition) is 8. The number of rotatable bonds is 6. The van der Waals surface area contributed by atoms with E-state index in [1.54, 1.807) is 24.3 Å². The van der Waals surface area contributed by atoms with Crippen molar-refractivity contribution in [1.82, 2.24) is 15.6 Å². The van der Waals surface area contributed by atoms with Crippen LogP contribution in [-0.4, -0.2) is 28.5 Å². The number of thioether (sulfide) groups is 1. The lowest BCUT2D eigenvalue weighted by atomic mass is 10.2. The Balaban J connectivity index is 1.86. The lowest BCUT2D eigenvalue weighted by Crippen LogP contribution is -2.30. The molecular weight excluding hydrogens is 298 g/mol. The topological polar surface area (TPSA) is 116 Å². The van der Waals surface area contributed by atoms with Crippen molar-refractivity contribution in [2.24, 2.45) is 5.84 Å². The first-order chi connectivity index (χ1) is 9.70. The van der Waals surface area contributed by atoms with Crippen LogP contribution < -0.4 is 21.7 Å². The number of para-hydroxylation sites is 1. The number of nitrogen functional groups attached to an aromatic ring is 2. The van der Waals surface area contributed by atoms with E-state index in [9.17, 15) is 4.79 Å². The Bertz CT molecular complexity index is 590. The molecule has 7 nitrogen and oxygen atoms in total. The van der Waals surface area contributed by atoms with Crippen LogP contribution in [0.5, 0.6) is 5.75 Å². The van der Waals surface area contributed by atoms with Gasteiger partial charge in [0.2, 0.25) is 5.13 Å². The summed E-state index contributed by atoms with van der Waals surface area (Å²) >= 11 is 2.82. The summed E-state index contributed by atoms with van der Waals surface area (Å²) in [4.78, 5) is 11.5. The van der Waals surface area contributed by atoms with E-state index in [1.807, 2.05) is 0 Å². The van der Waals surface area contributed by atoms with Crippen molar-refractivity contribution >= 4 is 34.1 Å². The van der Waals surface area contributed by atoms with E-state index in [2.05, 4.69) is 15.6 Å². The largest absolute Gasteiger partial charge is 0.492 e. The highest BCUT2D eigenvalue weighted by Gasteiger charge is 2.10. The van der Waals surface area contributed by atoms with Crippen molar-refractivity contribution < 1.29 is 9.53 Å². The van der Waals surface area contributed by atoms with Gasteiger partial charge in [-0.15, -0.1) is 10.2 Å². The third-order valence-electron chi connectivity index (χ3n) is 2.25.